The highest BCUT2D eigenvalue weighted by atomic mass is 79.9. The number of aromatic nitrogens is 5. The van der Waals surface area contributed by atoms with Gasteiger partial charge in [0.05, 0.1) is 22.8 Å². The second-order valence-corrected chi connectivity index (χ2v) is 6.91. The molecule has 0 N–H and O–H groups in total. The van der Waals surface area contributed by atoms with Crippen LogP contribution in [0.15, 0.2) is 59.5 Å². The molecule has 0 spiro atoms. The van der Waals surface area contributed by atoms with Crippen LogP contribution in [0.25, 0.3) is 11.4 Å². The molecule has 1 aliphatic rings. The minimum atomic E-state index is -0.319. The first-order valence-corrected chi connectivity index (χ1v) is 9.13. The normalized spacial score (nSPS) is 12.1. The number of hydrogen-bond acceptors (Lipinski definition) is 4. The lowest BCUT2D eigenvalue weighted by Crippen LogP contribution is -2.05. The molecule has 27 heavy (non-hydrogen) atoms. The van der Waals surface area contributed by atoms with Crippen LogP contribution >= 0.6 is 15.9 Å². The summed E-state index contributed by atoms with van der Waals surface area (Å²) in [7, 11) is 0. The molecule has 3 heterocycles. The first kappa shape index (κ1) is 16.2. The number of halogens is 2. The van der Waals surface area contributed by atoms with Crippen LogP contribution in [-0.2, 0) is 13.0 Å². The van der Waals surface area contributed by atoms with E-state index in [2.05, 4.69) is 31.2 Å². The number of fused-ring (bicyclic) bond motifs is 5. The molecule has 6 nitrogen and oxygen atoms in total. The molecule has 4 aromatic rings. The average Bonchev–Trinajstić information content (AvgIpc) is 3.21. The fraction of sp³-hybridized carbons (Fsp3) is 0.105. The quantitative estimate of drug-likeness (QED) is 0.440. The Morgan fingerprint density at radius 3 is 2.78 bits per heavy atom. The Hall–Kier alpha value is -3.00. The lowest BCUT2D eigenvalue weighted by molar-refractivity contribution is 0.300. The zero-order valence-corrected chi connectivity index (χ0v) is 15.6. The van der Waals surface area contributed by atoms with E-state index in [0.717, 1.165) is 28.5 Å². The molecule has 134 valence electrons. The van der Waals surface area contributed by atoms with Crippen molar-refractivity contribution in [3.05, 3.63) is 82.4 Å². The molecule has 1 aliphatic heterocycles. The lowest BCUT2D eigenvalue weighted by atomic mass is 10.2. The Kier molecular flexibility index (Phi) is 3.78. The van der Waals surface area contributed by atoms with Gasteiger partial charge < -0.3 is 4.74 Å². The molecule has 8 heteroatoms. The molecule has 0 fully saturated rings. The van der Waals surface area contributed by atoms with E-state index in [1.165, 1.54) is 12.1 Å². The maximum Gasteiger partial charge on any atom is 0.134 e. The number of nitrogens with zero attached hydrogens (tertiary/aromatic N) is 5. The highest BCUT2D eigenvalue weighted by Crippen LogP contribution is 2.32. The van der Waals surface area contributed by atoms with E-state index in [0.29, 0.717) is 23.3 Å². The van der Waals surface area contributed by atoms with Crippen molar-refractivity contribution in [2.24, 2.45) is 0 Å². The molecule has 5 rings (SSSR count). The van der Waals surface area contributed by atoms with Crippen LogP contribution < -0.4 is 4.74 Å². The smallest absolute Gasteiger partial charge is 0.134 e. The highest BCUT2D eigenvalue weighted by molar-refractivity contribution is 9.10. The summed E-state index contributed by atoms with van der Waals surface area (Å²) in [6, 6.07) is 14.2. The van der Waals surface area contributed by atoms with Gasteiger partial charge in [0, 0.05) is 12.5 Å². The third-order valence-corrected chi connectivity index (χ3v) is 5.20. The first-order chi connectivity index (χ1) is 13.2. The first-order valence-electron chi connectivity index (χ1n) is 8.34. The molecule has 2 aromatic heterocycles. The summed E-state index contributed by atoms with van der Waals surface area (Å²) < 4.78 is 24.1. The molecule has 0 saturated heterocycles. The van der Waals surface area contributed by atoms with E-state index in [-0.39, 0.29) is 5.82 Å². The van der Waals surface area contributed by atoms with Crippen LogP contribution in [0, 0.1) is 5.82 Å². The maximum absolute atomic E-state index is 13.9. The van der Waals surface area contributed by atoms with Crippen LogP contribution in [-0.4, -0.2) is 24.5 Å². The van der Waals surface area contributed by atoms with Gasteiger partial charge in [-0.2, -0.15) is 0 Å². The lowest BCUT2D eigenvalue weighted by Gasteiger charge is -2.09. The molecular formula is C19H13BrFN5O. The van der Waals surface area contributed by atoms with Gasteiger partial charge in [-0.3, -0.25) is 4.57 Å². The van der Waals surface area contributed by atoms with E-state index >= 15 is 0 Å². The number of rotatable bonds is 3. The average molecular weight is 426 g/mol. The number of imidazole rings is 1. The van der Waals surface area contributed by atoms with Crippen molar-refractivity contribution >= 4 is 15.9 Å². The van der Waals surface area contributed by atoms with Gasteiger partial charge >= 0.3 is 0 Å². The van der Waals surface area contributed by atoms with Crippen molar-refractivity contribution < 1.29 is 9.13 Å². The van der Waals surface area contributed by atoms with Crippen LogP contribution in [0.4, 0.5) is 4.39 Å². The van der Waals surface area contributed by atoms with Gasteiger partial charge in [0.1, 0.15) is 34.8 Å². The Bertz CT molecular complexity index is 1140. The third kappa shape index (κ3) is 2.73. The summed E-state index contributed by atoms with van der Waals surface area (Å²) in [4.78, 5) is 4.32. The summed E-state index contributed by atoms with van der Waals surface area (Å²) in [5.74, 6) is 0.447. The van der Waals surface area contributed by atoms with Crippen molar-refractivity contribution in [3.63, 3.8) is 0 Å². The number of benzene rings is 2. The molecule has 0 bridgehead atoms. The Morgan fingerprint density at radius 1 is 1.07 bits per heavy atom. The molecule has 0 unspecified atom stereocenters. The second-order valence-electron chi connectivity index (χ2n) is 6.16. The molecule has 2 aromatic carbocycles. The van der Waals surface area contributed by atoms with Crippen LogP contribution in [0.5, 0.6) is 5.75 Å². The van der Waals surface area contributed by atoms with Crippen molar-refractivity contribution in [2.75, 3.05) is 0 Å². The molecule has 0 saturated carbocycles. The zero-order valence-electron chi connectivity index (χ0n) is 14.0. The van der Waals surface area contributed by atoms with Gasteiger partial charge in [-0.15, -0.1) is 5.10 Å². The Labute approximate surface area is 162 Å². The Morgan fingerprint density at radius 2 is 1.93 bits per heavy atom. The van der Waals surface area contributed by atoms with Crippen LogP contribution in [0.1, 0.15) is 17.1 Å². The number of hydrogen-bond donors (Lipinski definition) is 0. The van der Waals surface area contributed by atoms with Crippen LogP contribution in [0.3, 0.4) is 0 Å². The standard InChI is InChI=1S/C19H13BrFN5O/c20-19-18-9-16-14(10-27-13-4-2-1-3-5-13)23-24-26(16)15-7-6-12(21)8-17(15)25(18)11-22-19/h1-8,11H,9-10H2. The maximum atomic E-state index is 13.9. The molecule has 0 radical (unpaired) electrons. The summed E-state index contributed by atoms with van der Waals surface area (Å²) in [5, 5.41) is 8.62. The third-order valence-electron chi connectivity index (χ3n) is 4.54. The van der Waals surface area contributed by atoms with E-state index in [9.17, 15) is 4.39 Å². The van der Waals surface area contributed by atoms with E-state index in [1.807, 2.05) is 34.9 Å². The van der Waals surface area contributed by atoms with Crippen molar-refractivity contribution in [1.82, 2.24) is 24.5 Å². The van der Waals surface area contributed by atoms with Gasteiger partial charge in [-0.05, 0) is 40.2 Å². The van der Waals surface area contributed by atoms with E-state index in [1.54, 1.807) is 17.1 Å². The summed E-state index contributed by atoms with van der Waals surface area (Å²) >= 11 is 3.49. The number of ether oxygens (including phenoxy) is 1. The molecular weight excluding hydrogens is 413 g/mol. The largest absolute Gasteiger partial charge is 0.487 e. The van der Waals surface area contributed by atoms with Crippen molar-refractivity contribution in [2.45, 2.75) is 13.0 Å². The molecule has 0 amide bonds. The molecule has 0 atom stereocenters. The highest BCUT2D eigenvalue weighted by Gasteiger charge is 2.26. The number of para-hydroxylation sites is 1. The topological polar surface area (TPSA) is 57.8 Å². The SMILES string of the molecule is Fc1ccc2c(c1)-n1cnc(Br)c1Cc1c(COc3ccccc3)nnn1-2. The van der Waals surface area contributed by atoms with Gasteiger partial charge in [0.25, 0.3) is 0 Å². The van der Waals surface area contributed by atoms with E-state index in [4.69, 9.17) is 4.74 Å². The van der Waals surface area contributed by atoms with Gasteiger partial charge in [-0.1, -0.05) is 23.4 Å². The zero-order chi connectivity index (χ0) is 18.4. The second kappa shape index (κ2) is 6.31. The predicted molar refractivity (Wildman–Crippen MR) is 99.7 cm³/mol. The summed E-state index contributed by atoms with van der Waals surface area (Å²) in [6.07, 6.45) is 2.22. The fourth-order valence-corrected chi connectivity index (χ4v) is 3.65. The van der Waals surface area contributed by atoms with Crippen LogP contribution in [0.2, 0.25) is 0 Å². The van der Waals surface area contributed by atoms with Crippen molar-refractivity contribution in [1.29, 1.82) is 0 Å². The van der Waals surface area contributed by atoms with Gasteiger partial charge in [-0.25, -0.2) is 14.1 Å². The van der Waals surface area contributed by atoms with E-state index < -0.39 is 0 Å². The monoisotopic (exact) mass is 425 g/mol. The summed E-state index contributed by atoms with van der Waals surface area (Å²) in [5.41, 5.74) is 3.94. The predicted octanol–water partition coefficient (Wildman–Crippen LogP) is 3.84. The fourth-order valence-electron chi connectivity index (χ4n) is 3.23. The Balaban J connectivity index is 1.61. The van der Waals surface area contributed by atoms with Gasteiger partial charge in [0.15, 0.2) is 0 Å². The minimum absolute atomic E-state index is 0.293. The van der Waals surface area contributed by atoms with Gasteiger partial charge in [0.2, 0.25) is 0 Å². The molecule has 0 aliphatic carbocycles. The minimum Gasteiger partial charge on any atom is -0.487 e. The summed E-state index contributed by atoms with van der Waals surface area (Å²) in [6.45, 7) is 0.293. The van der Waals surface area contributed by atoms with Crippen molar-refractivity contribution in [3.8, 4) is 17.1 Å².